The molecule has 19 nitrogen and oxygen atoms in total. The van der Waals surface area contributed by atoms with E-state index >= 15 is 0 Å². The van der Waals surface area contributed by atoms with E-state index < -0.39 is 0 Å². The van der Waals surface area contributed by atoms with E-state index in [-0.39, 0.29) is 49.9 Å². The van der Waals surface area contributed by atoms with Crippen molar-refractivity contribution in [1.82, 2.24) is 9.80 Å². The third-order valence-corrected chi connectivity index (χ3v) is 8.16. The first-order valence-corrected chi connectivity index (χ1v) is 20.1. The molecule has 4 amide bonds. The molecule has 2 aliphatic rings. The molecule has 1 aromatic carbocycles. The Balaban J connectivity index is 0.889. The van der Waals surface area contributed by atoms with Crippen molar-refractivity contribution in [3.63, 3.8) is 0 Å². The van der Waals surface area contributed by atoms with Crippen molar-refractivity contribution in [2.45, 2.75) is 0 Å². The third-order valence-electron chi connectivity index (χ3n) is 8.16. The van der Waals surface area contributed by atoms with E-state index in [0.717, 1.165) is 4.90 Å². The Kier molecular flexibility index (Phi) is 29.2. The lowest BCUT2D eigenvalue weighted by molar-refractivity contribution is -0.137. The summed E-state index contributed by atoms with van der Waals surface area (Å²) in [6, 6.07) is 6.80. The van der Waals surface area contributed by atoms with Crippen molar-refractivity contribution in [3.8, 4) is 0 Å². The molecule has 0 spiro atoms. The second-order valence-corrected chi connectivity index (χ2v) is 12.4. The molecule has 334 valence electrons. The van der Waals surface area contributed by atoms with E-state index in [4.69, 9.17) is 61.6 Å². The van der Waals surface area contributed by atoms with Crippen molar-refractivity contribution in [1.29, 1.82) is 0 Å². The lowest BCUT2D eigenvalue weighted by atomic mass is 10.1. The number of amides is 4. The summed E-state index contributed by atoms with van der Waals surface area (Å²) >= 11 is 0. The van der Waals surface area contributed by atoms with E-state index in [2.05, 4.69) is 0 Å². The Hall–Kier alpha value is -3.28. The topological polar surface area (TPSA) is 195 Å². The highest BCUT2D eigenvalue weighted by Gasteiger charge is 2.34. The summed E-state index contributed by atoms with van der Waals surface area (Å²) in [5.74, 6) is -1.19. The van der Waals surface area contributed by atoms with Crippen LogP contribution >= 0.6 is 0 Å². The van der Waals surface area contributed by atoms with Gasteiger partial charge in [-0.15, -0.1) is 0 Å². The van der Waals surface area contributed by atoms with Gasteiger partial charge in [0, 0.05) is 12.2 Å². The van der Waals surface area contributed by atoms with E-state index in [1.54, 1.807) is 24.3 Å². The minimum absolute atomic E-state index is 0.206. The Labute approximate surface area is 346 Å². The quantitative estimate of drug-likeness (QED) is 0.0649. The molecule has 59 heavy (non-hydrogen) atoms. The van der Waals surface area contributed by atoms with E-state index in [1.165, 1.54) is 17.1 Å². The molecule has 0 unspecified atom stereocenters. The Morgan fingerprint density at radius 2 is 0.492 bits per heavy atom. The van der Waals surface area contributed by atoms with Gasteiger partial charge in [0.1, 0.15) is 0 Å². The average molecular weight is 843 g/mol. The normalized spacial score (nSPS) is 13.8. The van der Waals surface area contributed by atoms with Crippen LogP contribution in [0.2, 0.25) is 0 Å². The minimum atomic E-state index is -0.313. The van der Waals surface area contributed by atoms with E-state index in [0.29, 0.717) is 170 Å². The second-order valence-electron chi connectivity index (χ2n) is 12.4. The summed E-state index contributed by atoms with van der Waals surface area (Å²) in [4.78, 5) is 49.8. The van der Waals surface area contributed by atoms with Crippen molar-refractivity contribution < 1.29 is 80.8 Å². The first-order chi connectivity index (χ1) is 29.1. The summed E-state index contributed by atoms with van der Waals surface area (Å²) in [7, 11) is 0. The number of imide groups is 2. The van der Waals surface area contributed by atoms with Gasteiger partial charge in [-0.3, -0.25) is 29.0 Å². The Morgan fingerprint density at radius 3 is 0.729 bits per heavy atom. The lowest BCUT2D eigenvalue weighted by Crippen LogP contribution is -2.33. The van der Waals surface area contributed by atoms with Crippen LogP contribution < -0.4 is 0 Å². The van der Waals surface area contributed by atoms with Crippen molar-refractivity contribution in [2.75, 3.05) is 185 Å². The highest BCUT2D eigenvalue weighted by atomic mass is 16.6. The molecule has 0 saturated heterocycles. The number of rotatable bonds is 42. The van der Waals surface area contributed by atoms with Gasteiger partial charge in [0.25, 0.3) is 23.6 Å². The number of ether oxygens (including phenoxy) is 13. The Morgan fingerprint density at radius 1 is 0.288 bits per heavy atom. The zero-order chi connectivity index (χ0) is 41.9. The molecule has 0 N–H and O–H groups in total. The summed E-state index contributed by atoms with van der Waals surface area (Å²) in [5, 5.41) is 0. The minimum Gasteiger partial charge on any atom is -0.377 e. The maximum atomic E-state index is 12.3. The molecule has 2 heterocycles. The van der Waals surface area contributed by atoms with Gasteiger partial charge in [-0.2, -0.15) is 0 Å². The van der Waals surface area contributed by atoms with Crippen LogP contribution in [0, 0.1) is 0 Å². The summed E-state index contributed by atoms with van der Waals surface area (Å²) in [6.45, 7) is 11.7. The first kappa shape index (κ1) is 50.1. The molecule has 0 saturated carbocycles. The molecule has 0 radical (unpaired) electrons. The number of hydrogen-bond acceptors (Lipinski definition) is 17. The number of hydrogen-bond donors (Lipinski definition) is 0. The number of fused-ring (bicyclic) bond motifs is 1. The molecule has 2 aliphatic heterocycles. The maximum Gasteiger partial charge on any atom is 0.261 e. The fourth-order valence-corrected chi connectivity index (χ4v) is 5.15. The zero-order valence-electron chi connectivity index (χ0n) is 34.1. The largest absolute Gasteiger partial charge is 0.377 e. The fraction of sp³-hybridized carbons (Fsp3) is 0.700. The van der Waals surface area contributed by atoms with Crippen molar-refractivity contribution in [3.05, 3.63) is 47.5 Å². The molecule has 0 aromatic heterocycles. The first-order valence-electron chi connectivity index (χ1n) is 20.1. The van der Waals surface area contributed by atoms with Crippen LogP contribution in [0.4, 0.5) is 0 Å². The van der Waals surface area contributed by atoms with Gasteiger partial charge < -0.3 is 61.6 Å². The molecule has 3 rings (SSSR count). The van der Waals surface area contributed by atoms with Crippen molar-refractivity contribution >= 4 is 23.6 Å². The van der Waals surface area contributed by atoms with Crippen LogP contribution in [0.15, 0.2) is 36.4 Å². The predicted molar refractivity (Wildman–Crippen MR) is 208 cm³/mol. The van der Waals surface area contributed by atoms with Crippen LogP contribution in [0.5, 0.6) is 0 Å². The van der Waals surface area contributed by atoms with Crippen LogP contribution in [0.3, 0.4) is 0 Å². The average Bonchev–Trinajstić information content (AvgIpc) is 3.69. The summed E-state index contributed by atoms with van der Waals surface area (Å²) in [6.07, 6.45) is 2.50. The summed E-state index contributed by atoms with van der Waals surface area (Å²) in [5.41, 5.74) is 0.871. The van der Waals surface area contributed by atoms with Gasteiger partial charge in [0.05, 0.1) is 196 Å². The molecule has 0 bridgehead atoms. The van der Waals surface area contributed by atoms with Gasteiger partial charge in [-0.05, 0) is 12.1 Å². The molecular weight excluding hydrogens is 780 g/mol. The van der Waals surface area contributed by atoms with Gasteiger partial charge in [-0.1, -0.05) is 12.1 Å². The van der Waals surface area contributed by atoms with Crippen LogP contribution in [-0.4, -0.2) is 218 Å². The van der Waals surface area contributed by atoms with Crippen molar-refractivity contribution in [2.24, 2.45) is 0 Å². The number of nitrogens with zero attached hydrogens (tertiary/aromatic N) is 2. The number of carbonyl (C=O) groups excluding carboxylic acids is 4. The number of benzene rings is 1. The second kappa shape index (κ2) is 34.4. The number of carbonyl (C=O) groups is 4. The zero-order valence-corrected chi connectivity index (χ0v) is 34.1. The highest BCUT2D eigenvalue weighted by Crippen LogP contribution is 2.21. The van der Waals surface area contributed by atoms with E-state index in [9.17, 15) is 19.2 Å². The highest BCUT2D eigenvalue weighted by molar-refractivity contribution is 6.21. The fourth-order valence-electron chi connectivity index (χ4n) is 5.15. The molecule has 19 heteroatoms. The van der Waals surface area contributed by atoms with Gasteiger partial charge >= 0.3 is 0 Å². The predicted octanol–water partition coefficient (Wildman–Crippen LogP) is 0.423. The van der Waals surface area contributed by atoms with Gasteiger partial charge in [0.15, 0.2) is 0 Å². The molecule has 0 fully saturated rings. The molecule has 0 atom stereocenters. The molecule has 1 aromatic rings. The lowest BCUT2D eigenvalue weighted by Gasteiger charge is -2.13. The third kappa shape index (κ3) is 23.3. The SMILES string of the molecule is O=C1C=CC(=O)N1CCOCCOCCOCCOCCOCCOCCOCCOCCOCCOCCOCCOCCOCCN1C(=O)c2ccccc2C1=O. The smallest absolute Gasteiger partial charge is 0.261 e. The van der Waals surface area contributed by atoms with Crippen LogP contribution in [0.1, 0.15) is 20.7 Å². The van der Waals surface area contributed by atoms with Gasteiger partial charge in [-0.25, -0.2) is 0 Å². The van der Waals surface area contributed by atoms with Gasteiger partial charge in [0.2, 0.25) is 0 Å². The molecule has 0 aliphatic carbocycles. The monoisotopic (exact) mass is 842 g/mol. The maximum absolute atomic E-state index is 12.3. The van der Waals surface area contributed by atoms with E-state index in [1.807, 2.05) is 0 Å². The summed E-state index contributed by atoms with van der Waals surface area (Å²) < 4.78 is 71.0. The Bertz CT molecular complexity index is 1270. The van der Waals surface area contributed by atoms with Crippen LogP contribution in [-0.2, 0) is 71.2 Å². The standard InChI is InChI=1S/C40H62N2O17/c43-37-5-6-38(44)41(37)7-9-47-11-13-49-15-17-51-19-21-53-23-25-55-27-29-57-31-33-59-34-32-58-30-28-56-26-24-54-22-20-52-18-16-50-14-12-48-10-8-42-39(45)35-3-1-2-4-36(35)40(42)46/h1-6H,7-34H2. The molecular formula is C40H62N2O17. The van der Waals surface area contributed by atoms with Crippen LogP contribution in [0.25, 0.3) is 0 Å².